The molecule has 148 valence electrons. The number of methoxy groups -OCH3 is 1. The molecule has 1 aliphatic carbocycles. The monoisotopic (exact) mass is 381 g/mol. The molecule has 1 fully saturated rings. The SMILES string of the molecule is COc1ccccc1C1CNCCN1C(=O)c1cc2c([nH]c1=O)CCCCC2. The average molecular weight is 381 g/mol. The van der Waals surface area contributed by atoms with Crippen LogP contribution in [0.3, 0.4) is 0 Å². The summed E-state index contributed by atoms with van der Waals surface area (Å²) in [5.74, 6) is 0.551. The molecule has 1 aromatic heterocycles. The first-order valence-corrected chi connectivity index (χ1v) is 10.1. The summed E-state index contributed by atoms with van der Waals surface area (Å²) in [5.41, 5.74) is 3.05. The van der Waals surface area contributed by atoms with E-state index in [-0.39, 0.29) is 23.1 Å². The summed E-state index contributed by atoms with van der Waals surface area (Å²) in [6, 6.07) is 9.42. The molecule has 1 amide bonds. The van der Waals surface area contributed by atoms with Crippen LogP contribution < -0.4 is 15.6 Å². The Morgan fingerprint density at radius 1 is 1.18 bits per heavy atom. The topological polar surface area (TPSA) is 74.4 Å². The summed E-state index contributed by atoms with van der Waals surface area (Å²) in [7, 11) is 1.64. The molecular formula is C22H27N3O3. The van der Waals surface area contributed by atoms with Crippen LogP contribution in [0.2, 0.25) is 0 Å². The Bertz CT molecular complexity index is 921. The van der Waals surface area contributed by atoms with E-state index in [1.807, 2.05) is 35.2 Å². The Kier molecular flexibility index (Phi) is 5.48. The van der Waals surface area contributed by atoms with Gasteiger partial charge in [0, 0.05) is 30.9 Å². The Morgan fingerprint density at radius 3 is 2.86 bits per heavy atom. The van der Waals surface area contributed by atoms with Crippen LogP contribution >= 0.6 is 0 Å². The van der Waals surface area contributed by atoms with Gasteiger partial charge in [0.2, 0.25) is 0 Å². The molecular weight excluding hydrogens is 354 g/mol. The number of fused-ring (bicyclic) bond motifs is 1. The number of hydrogen-bond donors (Lipinski definition) is 2. The van der Waals surface area contributed by atoms with Gasteiger partial charge in [0.05, 0.1) is 13.2 Å². The summed E-state index contributed by atoms with van der Waals surface area (Å²) in [5, 5.41) is 3.36. The summed E-state index contributed by atoms with van der Waals surface area (Å²) < 4.78 is 5.51. The molecule has 0 radical (unpaired) electrons. The number of ether oxygens (including phenoxy) is 1. The smallest absolute Gasteiger partial charge is 0.261 e. The van der Waals surface area contributed by atoms with Gasteiger partial charge in [0.1, 0.15) is 11.3 Å². The van der Waals surface area contributed by atoms with Crippen LogP contribution in [0.15, 0.2) is 35.1 Å². The minimum Gasteiger partial charge on any atom is -0.496 e. The molecule has 0 saturated carbocycles. The summed E-state index contributed by atoms with van der Waals surface area (Å²) in [6.45, 7) is 1.90. The average Bonchev–Trinajstić information content (AvgIpc) is 2.97. The van der Waals surface area contributed by atoms with Crippen LogP contribution in [0, 0.1) is 0 Å². The van der Waals surface area contributed by atoms with Crippen molar-refractivity contribution in [3.05, 3.63) is 63.1 Å². The van der Waals surface area contributed by atoms with Crippen LogP contribution in [0.1, 0.15) is 52.5 Å². The number of rotatable bonds is 3. The number of piperazine rings is 1. The van der Waals surface area contributed by atoms with Gasteiger partial charge in [-0.15, -0.1) is 0 Å². The summed E-state index contributed by atoms with van der Waals surface area (Å²) >= 11 is 0. The second kappa shape index (κ2) is 8.19. The van der Waals surface area contributed by atoms with Crippen molar-refractivity contribution in [1.82, 2.24) is 15.2 Å². The molecule has 1 aromatic carbocycles. The molecule has 2 heterocycles. The van der Waals surface area contributed by atoms with E-state index in [0.29, 0.717) is 19.6 Å². The summed E-state index contributed by atoms with van der Waals surface area (Å²) in [6.07, 6.45) is 5.15. The van der Waals surface area contributed by atoms with Crippen molar-refractivity contribution in [2.24, 2.45) is 0 Å². The molecule has 6 heteroatoms. The highest BCUT2D eigenvalue weighted by Gasteiger charge is 2.32. The van der Waals surface area contributed by atoms with Gasteiger partial charge in [-0.3, -0.25) is 9.59 Å². The number of H-pyrrole nitrogens is 1. The Morgan fingerprint density at radius 2 is 2.00 bits per heavy atom. The number of benzene rings is 1. The molecule has 28 heavy (non-hydrogen) atoms. The number of carbonyl (C=O) groups is 1. The first-order valence-electron chi connectivity index (χ1n) is 10.1. The molecule has 1 saturated heterocycles. The van der Waals surface area contributed by atoms with E-state index in [1.54, 1.807) is 7.11 Å². The van der Waals surface area contributed by atoms with Gasteiger partial charge in [-0.05, 0) is 43.4 Å². The van der Waals surface area contributed by atoms with Gasteiger partial charge in [-0.2, -0.15) is 0 Å². The van der Waals surface area contributed by atoms with Crippen molar-refractivity contribution in [1.29, 1.82) is 0 Å². The molecule has 6 nitrogen and oxygen atoms in total. The number of nitrogens with zero attached hydrogens (tertiary/aromatic N) is 1. The lowest BCUT2D eigenvalue weighted by molar-refractivity contribution is 0.0629. The highest BCUT2D eigenvalue weighted by atomic mass is 16.5. The van der Waals surface area contributed by atoms with Crippen LogP contribution in [-0.2, 0) is 12.8 Å². The highest BCUT2D eigenvalue weighted by molar-refractivity contribution is 5.94. The number of nitrogens with one attached hydrogen (secondary N) is 2. The lowest BCUT2D eigenvalue weighted by Crippen LogP contribution is -2.49. The van der Waals surface area contributed by atoms with Crippen molar-refractivity contribution in [3.8, 4) is 5.75 Å². The van der Waals surface area contributed by atoms with E-state index in [9.17, 15) is 9.59 Å². The number of aryl methyl sites for hydroxylation is 2. The molecule has 0 bridgehead atoms. The number of carbonyl (C=O) groups excluding carboxylic acids is 1. The largest absolute Gasteiger partial charge is 0.496 e. The Labute approximate surface area is 164 Å². The molecule has 0 spiro atoms. The molecule has 1 unspecified atom stereocenters. The fraction of sp³-hybridized carbons (Fsp3) is 0.455. The molecule has 1 aliphatic heterocycles. The maximum Gasteiger partial charge on any atom is 0.261 e. The third kappa shape index (κ3) is 3.56. The molecule has 1 atom stereocenters. The second-order valence-corrected chi connectivity index (χ2v) is 7.54. The second-order valence-electron chi connectivity index (χ2n) is 7.54. The van der Waals surface area contributed by atoms with Crippen molar-refractivity contribution < 1.29 is 9.53 Å². The quantitative estimate of drug-likeness (QED) is 0.801. The van der Waals surface area contributed by atoms with E-state index < -0.39 is 0 Å². The first kappa shape index (κ1) is 18.7. The Balaban J connectivity index is 1.70. The zero-order valence-corrected chi connectivity index (χ0v) is 16.3. The highest BCUT2D eigenvalue weighted by Crippen LogP contribution is 2.31. The molecule has 2 N–H and O–H groups in total. The minimum absolute atomic E-state index is 0.171. The number of pyridine rings is 1. The van der Waals surface area contributed by atoms with Gasteiger partial charge < -0.3 is 19.9 Å². The fourth-order valence-corrected chi connectivity index (χ4v) is 4.33. The molecule has 2 aromatic rings. The van der Waals surface area contributed by atoms with Crippen LogP contribution in [-0.4, -0.2) is 42.5 Å². The lowest BCUT2D eigenvalue weighted by atomic mass is 10.00. The summed E-state index contributed by atoms with van der Waals surface area (Å²) in [4.78, 5) is 30.9. The van der Waals surface area contributed by atoms with Gasteiger partial charge in [0.15, 0.2) is 0 Å². The maximum absolute atomic E-state index is 13.4. The van der Waals surface area contributed by atoms with E-state index >= 15 is 0 Å². The maximum atomic E-state index is 13.4. The molecule has 4 rings (SSSR count). The third-order valence-corrected chi connectivity index (χ3v) is 5.82. The van der Waals surface area contributed by atoms with E-state index in [2.05, 4.69) is 10.3 Å². The number of amides is 1. The van der Waals surface area contributed by atoms with Crippen LogP contribution in [0.5, 0.6) is 5.75 Å². The van der Waals surface area contributed by atoms with E-state index in [1.165, 1.54) is 0 Å². The normalized spacial score (nSPS) is 19.6. The number of para-hydroxylation sites is 1. The van der Waals surface area contributed by atoms with Crippen molar-refractivity contribution in [3.63, 3.8) is 0 Å². The van der Waals surface area contributed by atoms with E-state index in [0.717, 1.165) is 54.7 Å². The van der Waals surface area contributed by atoms with Crippen LogP contribution in [0.25, 0.3) is 0 Å². The standard InChI is InChI=1S/C22H27N3O3/c1-28-20-10-6-5-8-16(20)19-14-23-11-12-25(19)22(27)17-13-15-7-3-2-4-9-18(15)24-21(17)26/h5-6,8,10,13,19,23H,2-4,7,9,11-12,14H2,1H3,(H,24,26). The first-order chi connectivity index (χ1) is 13.7. The van der Waals surface area contributed by atoms with Crippen molar-refractivity contribution >= 4 is 5.91 Å². The van der Waals surface area contributed by atoms with Gasteiger partial charge in [0.25, 0.3) is 11.5 Å². The number of hydrogen-bond acceptors (Lipinski definition) is 4. The predicted octanol–water partition coefficient (Wildman–Crippen LogP) is 2.44. The van der Waals surface area contributed by atoms with E-state index in [4.69, 9.17) is 4.74 Å². The third-order valence-electron chi connectivity index (χ3n) is 5.82. The molecule has 2 aliphatic rings. The van der Waals surface area contributed by atoms with Gasteiger partial charge in [-0.25, -0.2) is 0 Å². The minimum atomic E-state index is -0.275. The lowest BCUT2D eigenvalue weighted by Gasteiger charge is -2.37. The number of aromatic amines is 1. The van der Waals surface area contributed by atoms with Crippen molar-refractivity contribution in [2.45, 2.75) is 38.1 Å². The van der Waals surface area contributed by atoms with Crippen molar-refractivity contribution in [2.75, 3.05) is 26.7 Å². The Hall–Kier alpha value is -2.60. The zero-order valence-electron chi connectivity index (χ0n) is 16.3. The van der Waals surface area contributed by atoms with Gasteiger partial charge in [-0.1, -0.05) is 24.6 Å². The fourth-order valence-electron chi connectivity index (χ4n) is 4.33. The number of aromatic nitrogens is 1. The van der Waals surface area contributed by atoms with Crippen LogP contribution in [0.4, 0.5) is 0 Å². The predicted molar refractivity (Wildman–Crippen MR) is 108 cm³/mol. The zero-order chi connectivity index (χ0) is 19.5. The van der Waals surface area contributed by atoms with Gasteiger partial charge >= 0.3 is 0 Å².